The number of amides is 1. The lowest BCUT2D eigenvalue weighted by atomic mass is 9.88. The first-order valence-corrected chi connectivity index (χ1v) is 10.5. The summed E-state index contributed by atoms with van der Waals surface area (Å²) in [6.07, 6.45) is 2.42. The molecule has 152 valence electrons. The number of piperazine rings is 1. The molecule has 3 aromatic rings. The lowest BCUT2D eigenvalue weighted by molar-refractivity contribution is -0.0386. The molecule has 5 heterocycles. The number of piperidine rings is 1. The van der Waals surface area contributed by atoms with E-state index in [9.17, 15) is 9.90 Å². The molecule has 0 saturated carbocycles. The second-order valence-corrected chi connectivity index (χ2v) is 9.37. The highest BCUT2D eigenvalue weighted by atomic mass is 32.1. The van der Waals surface area contributed by atoms with Crippen LogP contribution in [0.3, 0.4) is 0 Å². The van der Waals surface area contributed by atoms with Crippen LogP contribution in [0, 0.1) is 0 Å². The zero-order valence-electron chi connectivity index (χ0n) is 16.5. The van der Waals surface area contributed by atoms with Crippen LogP contribution in [0.5, 0.6) is 5.75 Å². The number of nitrogens with zero attached hydrogens (tertiary/aromatic N) is 4. The molecule has 2 atom stereocenters. The first-order valence-electron chi connectivity index (χ1n) is 9.59. The van der Waals surface area contributed by atoms with E-state index >= 15 is 0 Å². The van der Waals surface area contributed by atoms with Crippen molar-refractivity contribution in [3.05, 3.63) is 23.7 Å². The fraction of sp³-hybridized carbons (Fsp3) is 0.450. The van der Waals surface area contributed by atoms with E-state index in [0.717, 1.165) is 17.0 Å². The van der Waals surface area contributed by atoms with Gasteiger partial charge in [0.25, 0.3) is 6.01 Å². The smallest absolute Gasteiger partial charge is 0.410 e. The molecule has 3 aliphatic rings. The van der Waals surface area contributed by atoms with Crippen LogP contribution in [0.25, 0.3) is 21.7 Å². The third kappa shape index (κ3) is 3.09. The Hall–Kier alpha value is -2.81. The number of hydrogen-bond donors (Lipinski definition) is 1. The van der Waals surface area contributed by atoms with Gasteiger partial charge < -0.3 is 19.2 Å². The van der Waals surface area contributed by atoms with Gasteiger partial charge in [-0.25, -0.2) is 9.78 Å². The molecule has 1 amide bonds. The zero-order chi connectivity index (χ0) is 20.3. The van der Waals surface area contributed by atoms with Gasteiger partial charge in [-0.1, -0.05) is 0 Å². The maximum atomic E-state index is 12.5. The highest BCUT2D eigenvalue weighted by Gasteiger charge is 2.49. The molecule has 3 fully saturated rings. The molecule has 2 aromatic heterocycles. The SMILES string of the molecule is CC(C)(C)OC(=O)N1C2CC1CN(c1nc3c(O)ccc(-c4nccs4)c3o1)C2. The summed E-state index contributed by atoms with van der Waals surface area (Å²) in [5.41, 5.74) is 1.25. The number of thiazole rings is 1. The molecular weight excluding hydrogens is 392 g/mol. The van der Waals surface area contributed by atoms with Crippen molar-refractivity contribution < 1.29 is 19.1 Å². The number of phenolic OH excluding ortho intramolecular Hbond substituents is 1. The summed E-state index contributed by atoms with van der Waals surface area (Å²) < 4.78 is 11.6. The van der Waals surface area contributed by atoms with Crippen LogP contribution >= 0.6 is 11.3 Å². The summed E-state index contributed by atoms with van der Waals surface area (Å²) in [5, 5.41) is 13.0. The number of carbonyl (C=O) groups is 1. The van der Waals surface area contributed by atoms with E-state index < -0.39 is 5.60 Å². The number of fused-ring (bicyclic) bond motifs is 3. The average molecular weight is 414 g/mol. The Morgan fingerprint density at radius 1 is 1.31 bits per heavy atom. The lowest BCUT2D eigenvalue weighted by Gasteiger charge is -2.55. The number of phenols is 1. The number of hydrogen-bond acceptors (Lipinski definition) is 8. The maximum absolute atomic E-state index is 12.5. The summed E-state index contributed by atoms with van der Waals surface area (Å²) in [6.45, 7) is 6.86. The molecule has 8 nitrogen and oxygen atoms in total. The number of oxazole rings is 1. The van der Waals surface area contributed by atoms with E-state index in [1.54, 1.807) is 18.3 Å². The summed E-state index contributed by atoms with van der Waals surface area (Å²) in [5.74, 6) is 0.0767. The number of aromatic nitrogens is 2. The quantitative estimate of drug-likeness (QED) is 0.681. The Balaban J connectivity index is 1.40. The standard InChI is InChI=1S/C20H22N4O4S/c1-20(2,3)28-19(26)24-11-8-12(24)10-23(9-11)18-22-15-14(25)5-4-13(16(15)27-18)17-21-6-7-29-17/h4-7,11-12,25H,8-10H2,1-3H3. The monoisotopic (exact) mass is 414 g/mol. The molecule has 0 aliphatic carbocycles. The predicted octanol–water partition coefficient (Wildman–Crippen LogP) is 3.85. The molecule has 6 rings (SSSR count). The van der Waals surface area contributed by atoms with E-state index in [4.69, 9.17) is 9.15 Å². The molecule has 3 saturated heterocycles. The van der Waals surface area contributed by atoms with E-state index in [1.165, 1.54) is 11.3 Å². The van der Waals surface area contributed by atoms with Gasteiger partial charge in [0.15, 0.2) is 11.1 Å². The Bertz CT molecular complexity index is 1060. The van der Waals surface area contributed by atoms with Crippen molar-refractivity contribution in [1.29, 1.82) is 0 Å². The van der Waals surface area contributed by atoms with Crippen molar-refractivity contribution in [3.63, 3.8) is 0 Å². The number of benzene rings is 1. The minimum absolute atomic E-state index is 0.0747. The fourth-order valence-electron chi connectivity index (χ4n) is 4.02. The summed E-state index contributed by atoms with van der Waals surface area (Å²) in [6, 6.07) is 4.02. The molecule has 29 heavy (non-hydrogen) atoms. The summed E-state index contributed by atoms with van der Waals surface area (Å²) in [4.78, 5) is 25.2. The largest absolute Gasteiger partial charge is 0.506 e. The van der Waals surface area contributed by atoms with Gasteiger partial charge in [-0.05, 0) is 39.3 Å². The third-order valence-electron chi connectivity index (χ3n) is 5.24. The van der Waals surface area contributed by atoms with Crippen LogP contribution in [0.4, 0.5) is 10.8 Å². The molecular formula is C20H22N4O4S. The van der Waals surface area contributed by atoms with Gasteiger partial charge in [0.1, 0.15) is 16.4 Å². The predicted molar refractivity (Wildman–Crippen MR) is 109 cm³/mol. The minimum atomic E-state index is -0.509. The Morgan fingerprint density at radius 2 is 2.07 bits per heavy atom. The van der Waals surface area contributed by atoms with Crippen LogP contribution in [-0.2, 0) is 4.74 Å². The van der Waals surface area contributed by atoms with E-state index in [1.807, 2.05) is 36.0 Å². The highest BCUT2D eigenvalue weighted by molar-refractivity contribution is 7.13. The first kappa shape index (κ1) is 18.2. The van der Waals surface area contributed by atoms with Gasteiger partial charge in [-0.2, -0.15) is 4.98 Å². The van der Waals surface area contributed by atoms with Crippen LogP contribution in [-0.4, -0.2) is 56.8 Å². The van der Waals surface area contributed by atoms with E-state index in [0.29, 0.717) is 30.2 Å². The number of anilines is 1. The fourth-order valence-corrected chi connectivity index (χ4v) is 4.68. The van der Waals surface area contributed by atoms with Crippen molar-refractivity contribution in [1.82, 2.24) is 14.9 Å². The van der Waals surface area contributed by atoms with Crippen molar-refractivity contribution >= 4 is 34.5 Å². The molecule has 2 unspecified atom stereocenters. The molecule has 3 aliphatic heterocycles. The minimum Gasteiger partial charge on any atom is -0.506 e. The molecule has 2 bridgehead atoms. The topological polar surface area (TPSA) is 91.9 Å². The Morgan fingerprint density at radius 3 is 2.72 bits per heavy atom. The van der Waals surface area contributed by atoms with E-state index in [2.05, 4.69) is 9.97 Å². The molecule has 0 spiro atoms. The van der Waals surface area contributed by atoms with Crippen LogP contribution in [0.15, 0.2) is 28.1 Å². The van der Waals surface area contributed by atoms with Gasteiger partial charge in [0.05, 0.1) is 17.6 Å². The maximum Gasteiger partial charge on any atom is 0.410 e. The molecule has 1 aromatic carbocycles. The molecule has 1 N–H and O–H groups in total. The second kappa shape index (κ2) is 6.35. The second-order valence-electron chi connectivity index (χ2n) is 8.48. The molecule has 0 radical (unpaired) electrons. The van der Waals surface area contributed by atoms with E-state index in [-0.39, 0.29) is 23.9 Å². The lowest BCUT2D eigenvalue weighted by Crippen LogP contribution is -2.70. The van der Waals surface area contributed by atoms with Crippen LogP contribution in [0.2, 0.25) is 0 Å². The Labute approximate surface area is 171 Å². The zero-order valence-corrected chi connectivity index (χ0v) is 17.3. The summed E-state index contributed by atoms with van der Waals surface area (Å²) in [7, 11) is 0. The van der Waals surface area contributed by atoms with Gasteiger partial charge in [0, 0.05) is 24.7 Å². The van der Waals surface area contributed by atoms with Crippen molar-refractivity contribution in [2.75, 3.05) is 18.0 Å². The van der Waals surface area contributed by atoms with Crippen LogP contribution in [0.1, 0.15) is 27.2 Å². The van der Waals surface area contributed by atoms with Crippen LogP contribution < -0.4 is 4.90 Å². The third-order valence-corrected chi connectivity index (χ3v) is 6.05. The molecule has 9 heteroatoms. The number of ether oxygens (including phenoxy) is 1. The van der Waals surface area contributed by atoms with Gasteiger partial charge >= 0.3 is 6.09 Å². The number of aromatic hydroxyl groups is 1. The number of carbonyl (C=O) groups excluding carboxylic acids is 1. The first-order chi connectivity index (χ1) is 13.8. The van der Waals surface area contributed by atoms with Crippen molar-refractivity contribution in [2.45, 2.75) is 44.9 Å². The van der Waals surface area contributed by atoms with Gasteiger partial charge in [-0.3, -0.25) is 4.90 Å². The highest BCUT2D eigenvalue weighted by Crippen LogP contribution is 2.40. The summed E-state index contributed by atoms with van der Waals surface area (Å²) >= 11 is 1.50. The van der Waals surface area contributed by atoms with Gasteiger partial charge in [-0.15, -0.1) is 11.3 Å². The van der Waals surface area contributed by atoms with Crippen molar-refractivity contribution in [2.24, 2.45) is 0 Å². The average Bonchev–Trinajstić information content (AvgIpc) is 3.31. The van der Waals surface area contributed by atoms with Crippen molar-refractivity contribution in [3.8, 4) is 16.3 Å². The Kier molecular flexibility index (Phi) is 3.99. The number of rotatable bonds is 2. The van der Waals surface area contributed by atoms with Gasteiger partial charge in [0.2, 0.25) is 0 Å². The normalized spacial score (nSPS) is 21.3.